The van der Waals surface area contributed by atoms with Crippen molar-refractivity contribution < 1.29 is 0 Å². The van der Waals surface area contributed by atoms with Crippen molar-refractivity contribution in [3.05, 3.63) is 0 Å². The van der Waals surface area contributed by atoms with Crippen LogP contribution in [-0.2, 0) is 0 Å². The Kier molecular flexibility index (Phi) is 5.28. The van der Waals surface area contributed by atoms with Crippen molar-refractivity contribution >= 4 is 11.8 Å². The molecular weight excluding hydrogens is 192 g/mol. The SMILES string of the molecule is CCC(C)N(CC)C1CNCC1SC. The summed E-state index contributed by atoms with van der Waals surface area (Å²) in [6.07, 6.45) is 3.49. The van der Waals surface area contributed by atoms with Gasteiger partial charge in [-0.1, -0.05) is 13.8 Å². The number of hydrogen-bond acceptors (Lipinski definition) is 3. The molecule has 1 aliphatic rings. The summed E-state index contributed by atoms with van der Waals surface area (Å²) in [5, 5.41) is 4.29. The van der Waals surface area contributed by atoms with Gasteiger partial charge in [-0.3, -0.25) is 4.90 Å². The second-order valence-corrected chi connectivity index (χ2v) is 5.16. The van der Waals surface area contributed by atoms with E-state index in [1.807, 2.05) is 11.8 Å². The fourth-order valence-electron chi connectivity index (χ4n) is 2.32. The third-order valence-corrected chi connectivity index (χ3v) is 4.47. The molecule has 0 spiro atoms. The van der Waals surface area contributed by atoms with Crippen LogP contribution in [-0.4, -0.2) is 48.1 Å². The second-order valence-electron chi connectivity index (χ2n) is 4.09. The van der Waals surface area contributed by atoms with Gasteiger partial charge in [-0.25, -0.2) is 0 Å². The molecule has 2 nitrogen and oxygen atoms in total. The molecule has 0 saturated carbocycles. The Hall–Kier alpha value is 0.270. The maximum absolute atomic E-state index is 3.50. The number of likely N-dealkylation sites (N-methyl/N-ethyl adjacent to an activating group) is 1. The number of nitrogens with zero attached hydrogens (tertiary/aromatic N) is 1. The Labute approximate surface area is 92.8 Å². The summed E-state index contributed by atoms with van der Waals surface area (Å²) >= 11 is 2.01. The largest absolute Gasteiger partial charge is 0.314 e. The highest BCUT2D eigenvalue weighted by molar-refractivity contribution is 7.99. The number of hydrogen-bond donors (Lipinski definition) is 1. The molecule has 1 fully saturated rings. The Morgan fingerprint density at radius 3 is 2.64 bits per heavy atom. The van der Waals surface area contributed by atoms with E-state index < -0.39 is 0 Å². The summed E-state index contributed by atoms with van der Waals surface area (Å²) in [5.74, 6) is 0. The van der Waals surface area contributed by atoms with Crippen molar-refractivity contribution in [3.63, 3.8) is 0 Å². The van der Waals surface area contributed by atoms with Gasteiger partial charge in [-0.2, -0.15) is 11.8 Å². The predicted molar refractivity (Wildman–Crippen MR) is 66.1 cm³/mol. The third-order valence-electron chi connectivity index (χ3n) is 3.38. The fourth-order valence-corrected chi connectivity index (χ4v) is 3.17. The molecule has 0 aromatic heterocycles. The molecule has 1 aliphatic heterocycles. The molecule has 1 N–H and O–H groups in total. The summed E-state index contributed by atoms with van der Waals surface area (Å²) in [5.41, 5.74) is 0. The van der Waals surface area contributed by atoms with E-state index in [-0.39, 0.29) is 0 Å². The molecule has 0 aromatic carbocycles. The second kappa shape index (κ2) is 5.99. The molecule has 1 saturated heterocycles. The first-order valence-corrected chi connectivity index (χ1v) is 7.02. The van der Waals surface area contributed by atoms with Gasteiger partial charge in [0, 0.05) is 30.4 Å². The number of nitrogens with one attached hydrogen (secondary N) is 1. The van der Waals surface area contributed by atoms with Gasteiger partial charge in [0.15, 0.2) is 0 Å². The molecule has 1 rings (SSSR count). The van der Waals surface area contributed by atoms with E-state index in [1.54, 1.807) is 0 Å². The van der Waals surface area contributed by atoms with Crippen LogP contribution in [0.3, 0.4) is 0 Å². The van der Waals surface area contributed by atoms with E-state index in [4.69, 9.17) is 0 Å². The Bertz CT molecular complexity index is 163. The van der Waals surface area contributed by atoms with E-state index in [2.05, 4.69) is 37.2 Å². The summed E-state index contributed by atoms with van der Waals surface area (Å²) in [6.45, 7) is 10.4. The van der Waals surface area contributed by atoms with E-state index in [1.165, 1.54) is 26.1 Å². The summed E-state index contributed by atoms with van der Waals surface area (Å²) in [6, 6.07) is 1.46. The van der Waals surface area contributed by atoms with Crippen LogP contribution < -0.4 is 5.32 Å². The first-order chi connectivity index (χ1) is 6.74. The topological polar surface area (TPSA) is 15.3 Å². The van der Waals surface area contributed by atoms with E-state index in [0.717, 1.165) is 17.3 Å². The van der Waals surface area contributed by atoms with Gasteiger partial charge in [-0.05, 0) is 26.1 Å². The van der Waals surface area contributed by atoms with E-state index >= 15 is 0 Å². The van der Waals surface area contributed by atoms with Crippen molar-refractivity contribution in [1.29, 1.82) is 0 Å². The average molecular weight is 216 g/mol. The monoisotopic (exact) mass is 216 g/mol. The Balaban J connectivity index is 2.58. The highest BCUT2D eigenvalue weighted by Crippen LogP contribution is 2.22. The van der Waals surface area contributed by atoms with Crippen molar-refractivity contribution in [1.82, 2.24) is 10.2 Å². The van der Waals surface area contributed by atoms with Crippen LogP contribution in [0.25, 0.3) is 0 Å². The molecule has 0 aromatic rings. The zero-order chi connectivity index (χ0) is 10.6. The Morgan fingerprint density at radius 1 is 1.43 bits per heavy atom. The van der Waals surface area contributed by atoms with E-state index in [0.29, 0.717) is 0 Å². The van der Waals surface area contributed by atoms with Crippen molar-refractivity contribution in [2.75, 3.05) is 25.9 Å². The van der Waals surface area contributed by atoms with Gasteiger partial charge in [-0.15, -0.1) is 0 Å². The molecule has 84 valence electrons. The smallest absolute Gasteiger partial charge is 0.0354 e. The standard InChI is InChI=1S/C11H24N2S/c1-5-9(3)13(6-2)10-7-12-8-11(10)14-4/h9-12H,5-8H2,1-4H3. The van der Waals surface area contributed by atoms with Gasteiger partial charge in [0.1, 0.15) is 0 Å². The van der Waals surface area contributed by atoms with Gasteiger partial charge in [0.2, 0.25) is 0 Å². The molecular formula is C11H24N2S. The minimum Gasteiger partial charge on any atom is -0.314 e. The number of thioether (sulfide) groups is 1. The maximum Gasteiger partial charge on any atom is 0.0354 e. The zero-order valence-electron chi connectivity index (χ0n) is 9.92. The molecule has 0 radical (unpaired) electrons. The lowest BCUT2D eigenvalue weighted by Gasteiger charge is -2.35. The minimum atomic E-state index is 0.722. The van der Waals surface area contributed by atoms with Crippen LogP contribution in [0.2, 0.25) is 0 Å². The number of rotatable bonds is 5. The summed E-state index contributed by atoms with van der Waals surface area (Å²) in [4.78, 5) is 2.65. The lowest BCUT2D eigenvalue weighted by atomic mass is 10.1. The summed E-state index contributed by atoms with van der Waals surface area (Å²) < 4.78 is 0. The third kappa shape index (κ3) is 2.65. The van der Waals surface area contributed by atoms with Crippen molar-refractivity contribution in [3.8, 4) is 0 Å². The van der Waals surface area contributed by atoms with Crippen LogP contribution in [0.5, 0.6) is 0 Å². The molecule has 1 heterocycles. The van der Waals surface area contributed by atoms with Crippen molar-refractivity contribution in [2.24, 2.45) is 0 Å². The minimum absolute atomic E-state index is 0.722. The molecule has 3 unspecified atom stereocenters. The van der Waals surface area contributed by atoms with Gasteiger partial charge >= 0.3 is 0 Å². The lowest BCUT2D eigenvalue weighted by molar-refractivity contribution is 0.161. The quantitative estimate of drug-likeness (QED) is 0.754. The molecule has 3 atom stereocenters. The van der Waals surface area contributed by atoms with Gasteiger partial charge in [0.25, 0.3) is 0 Å². The first-order valence-electron chi connectivity index (χ1n) is 5.73. The highest BCUT2D eigenvalue weighted by Gasteiger charge is 2.32. The van der Waals surface area contributed by atoms with Gasteiger partial charge in [0.05, 0.1) is 0 Å². The molecule has 0 bridgehead atoms. The normalized spacial score (nSPS) is 29.8. The molecule has 3 heteroatoms. The fraction of sp³-hybridized carbons (Fsp3) is 1.00. The zero-order valence-corrected chi connectivity index (χ0v) is 10.7. The lowest BCUT2D eigenvalue weighted by Crippen LogP contribution is -2.46. The molecule has 14 heavy (non-hydrogen) atoms. The maximum atomic E-state index is 3.50. The predicted octanol–water partition coefficient (Wildman–Crippen LogP) is 1.81. The average Bonchev–Trinajstić information content (AvgIpc) is 2.66. The highest BCUT2D eigenvalue weighted by atomic mass is 32.2. The van der Waals surface area contributed by atoms with Crippen LogP contribution in [0.4, 0.5) is 0 Å². The van der Waals surface area contributed by atoms with Crippen LogP contribution in [0.15, 0.2) is 0 Å². The molecule has 0 amide bonds. The van der Waals surface area contributed by atoms with Crippen molar-refractivity contribution in [2.45, 2.75) is 44.5 Å². The van der Waals surface area contributed by atoms with Crippen LogP contribution in [0, 0.1) is 0 Å². The summed E-state index contributed by atoms with van der Waals surface area (Å²) in [7, 11) is 0. The van der Waals surface area contributed by atoms with E-state index in [9.17, 15) is 0 Å². The first kappa shape index (κ1) is 12.3. The molecule has 0 aliphatic carbocycles. The van der Waals surface area contributed by atoms with Crippen LogP contribution >= 0.6 is 11.8 Å². The Morgan fingerprint density at radius 2 is 2.14 bits per heavy atom. The van der Waals surface area contributed by atoms with Gasteiger partial charge < -0.3 is 5.32 Å². The van der Waals surface area contributed by atoms with Crippen LogP contribution in [0.1, 0.15) is 27.2 Å².